The summed E-state index contributed by atoms with van der Waals surface area (Å²) < 4.78 is 16.3. The van der Waals surface area contributed by atoms with Crippen LogP contribution in [0, 0.1) is 5.92 Å². The van der Waals surface area contributed by atoms with Crippen LogP contribution in [0.1, 0.15) is 58.1 Å². The molecule has 2 saturated heterocycles. The Balaban J connectivity index is 2.00. The number of hydrogen-bond donors (Lipinski definition) is 1. The standard InChI is InChI=1S/C21H32N2OS/c1-5-15-23-16-17-11-13-21(23,14-12-17)19(18-9-7-6-8-10-18)22-25(24)20(2,3)4/h5-10,17,19,22H,1,11-16H2,2-4H3/t17?,19-,21?,25?/m0/s1. The van der Waals surface area contributed by atoms with Crippen molar-refractivity contribution < 1.29 is 4.21 Å². The normalized spacial score (nSPS) is 29.3. The SMILES string of the molecule is C=CCN1CC2CCC1([C@@H](NS(=O)C(C)(C)C)c1ccccc1)CC2. The van der Waals surface area contributed by atoms with Crippen molar-refractivity contribution in [3.8, 4) is 0 Å². The molecule has 1 aliphatic carbocycles. The van der Waals surface area contributed by atoms with Gasteiger partial charge in [0.05, 0.1) is 21.8 Å². The van der Waals surface area contributed by atoms with E-state index in [1.54, 1.807) is 0 Å². The van der Waals surface area contributed by atoms with Gasteiger partial charge in [0.1, 0.15) is 0 Å². The number of piperidine rings is 2. The van der Waals surface area contributed by atoms with Crippen LogP contribution in [0.5, 0.6) is 0 Å². The van der Waals surface area contributed by atoms with Crippen LogP contribution in [0.15, 0.2) is 43.0 Å². The first-order valence-electron chi connectivity index (χ1n) is 9.46. The lowest BCUT2D eigenvalue weighted by atomic mass is 9.66. The number of nitrogens with zero attached hydrogens (tertiary/aromatic N) is 1. The molecule has 0 amide bonds. The monoisotopic (exact) mass is 360 g/mol. The largest absolute Gasteiger partial charge is 0.292 e. The van der Waals surface area contributed by atoms with Crippen LogP contribution in [0.2, 0.25) is 0 Å². The second-order valence-electron chi connectivity index (χ2n) is 8.58. The molecule has 3 nitrogen and oxygen atoms in total. The lowest BCUT2D eigenvalue weighted by Crippen LogP contribution is -2.64. The van der Waals surface area contributed by atoms with E-state index in [9.17, 15) is 4.21 Å². The molecule has 2 heterocycles. The highest BCUT2D eigenvalue weighted by Crippen LogP contribution is 2.49. The maximum Gasteiger partial charge on any atom is 0.0976 e. The highest BCUT2D eigenvalue weighted by atomic mass is 32.2. The third-order valence-corrected chi connectivity index (χ3v) is 7.44. The molecule has 1 aromatic rings. The summed E-state index contributed by atoms with van der Waals surface area (Å²) in [6.07, 6.45) is 6.91. The third-order valence-electron chi connectivity index (χ3n) is 5.88. The fraction of sp³-hybridized carbons (Fsp3) is 0.619. The van der Waals surface area contributed by atoms with Crippen LogP contribution in [0.4, 0.5) is 0 Å². The molecule has 3 aliphatic rings. The van der Waals surface area contributed by atoms with Crippen LogP contribution in [0.3, 0.4) is 0 Å². The van der Waals surface area contributed by atoms with Crippen LogP contribution < -0.4 is 4.72 Å². The van der Waals surface area contributed by atoms with Crippen molar-refractivity contribution in [3.05, 3.63) is 48.6 Å². The summed E-state index contributed by atoms with van der Waals surface area (Å²) in [6.45, 7) is 12.1. The number of nitrogens with one attached hydrogen (secondary N) is 1. The topological polar surface area (TPSA) is 32.3 Å². The molecule has 0 aromatic heterocycles. The van der Waals surface area contributed by atoms with Crippen molar-refractivity contribution in [1.29, 1.82) is 0 Å². The van der Waals surface area contributed by atoms with Gasteiger partial charge in [-0.15, -0.1) is 6.58 Å². The van der Waals surface area contributed by atoms with Gasteiger partial charge < -0.3 is 0 Å². The smallest absolute Gasteiger partial charge is 0.0976 e. The third kappa shape index (κ3) is 3.76. The van der Waals surface area contributed by atoms with E-state index in [1.165, 1.54) is 31.2 Å². The van der Waals surface area contributed by atoms with Crippen LogP contribution in [0.25, 0.3) is 0 Å². The second kappa shape index (κ2) is 7.34. The van der Waals surface area contributed by atoms with Crippen LogP contribution in [-0.2, 0) is 11.0 Å². The first kappa shape index (κ1) is 18.8. The van der Waals surface area contributed by atoms with Crippen molar-refractivity contribution >= 4 is 11.0 Å². The van der Waals surface area contributed by atoms with E-state index in [1.807, 2.05) is 26.8 Å². The Morgan fingerprint density at radius 3 is 2.52 bits per heavy atom. The first-order valence-corrected chi connectivity index (χ1v) is 10.6. The fourth-order valence-corrected chi connectivity index (χ4v) is 5.39. The summed E-state index contributed by atoms with van der Waals surface area (Å²) in [4.78, 5) is 2.60. The minimum atomic E-state index is -1.10. The zero-order valence-corrected chi connectivity index (χ0v) is 16.6. The lowest BCUT2D eigenvalue weighted by molar-refractivity contribution is -0.0473. The van der Waals surface area contributed by atoms with Crippen molar-refractivity contribution in [2.24, 2.45) is 5.92 Å². The summed E-state index contributed by atoms with van der Waals surface area (Å²) in [6, 6.07) is 10.7. The number of hydrogen-bond acceptors (Lipinski definition) is 2. The summed E-state index contributed by atoms with van der Waals surface area (Å²) in [5.41, 5.74) is 1.28. The van der Waals surface area contributed by atoms with Gasteiger partial charge in [0.15, 0.2) is 0 Å². The van der Waals surface area contributed by atoms with Crippen molar-refractivity contribution in [1.82, 2.24) is 9.62 Å². The molecule has 4 rings (SSSR count). The minimum Gasteiger partial charge on any atom is -0.292 e. The average molecular weight is 361 g/mol. The Hall–Kier alpha value is -0.970. The highest BCUT2D eigenvalue weighted by molar-refractivity contribution is 7.84. The molecule has 2 atom stereocenters. The Morgan fingerprint density at radius 2 is 1.96 bits per heavy atom. The fourth-order valence-electron chi connectivity index (χ4n) is 4.47. The predicted molar refractivity (Wildman–Crippen MR) is 107 cm³/mol. The van der Waals surface area contributed by atoms with E-state index in [2.05, 4.69) is 46.5 Å². The molecule has 0 spiro atoms. The Kier molecular flexibility index (Phi) is 5.52. The van der Waals surface area contributed by atoms with Crippen molar-refractivity contribution in [3.63, 3.8) is 0 Å². The summed E-state index contributed by atoms with van der Waals surface area (Å²) >= 11 is 0. The molecule has 2 aliphatic heterocycles. The number of fused-ring (bicyclic) bond motifs is 3. The average Bonchev–Trinajstić information content (AvgIpc) is 2.61. The van der Waals surface area contributed by atoms with E-state index >= 15 is 0 Å². The van der Waals surface area contributed by atoms with E-state index in [0.29, 0.717) is 0 Å². The molecule has 0 radical (unpaired) electrons. The van der Waals surface area contributed by atoms with Gasteiger partial charge in [-0.25, -0.2) is 8.93 Å². The Bertz CT molecular complexity index is 615. The molecule has 1 saturated carbocycles. The molecule has 1 unspecified atom stereocenters. The van der Waals surface area contributed by atoms with Crippen molar-refractivity contribution in [2.45, 2.75) is 62.8 Å². The lowest BCUT2D eigenvalue weighted by Gasteiger charge is -2.58. The molecule has 1 N–H and O–H groups in total. The predicted octanol–water partition coefficient (Wildman–Crippen LogP) is 4.21. The molecular formula is C21H32N2OS. The van der Waals surface area contributed by atoms with Gasteiger partial charge in [0.2, 0.25) is 0 Å². The molecule has 3 fully saturated rings. The van der Waals surface area contributed by atoms with Gasteiger partial charge in [-0.2, -0.15) is 0 Å². The summed E-state index contributed by atoms with van der Waals surface area (Å²) in [7, 11) is -1.10. The van der Waals surface area contributed by atoms with Crippen LogP contribution >= 0.6 is 0 Å². The quantitative estimate of drug-likeness (QED) is 0.771. The zero-order chi connectivity index (χ0) is 18.1. The Morgan fingerprint density at radius 1 is 1.32 bits per heavy atom. The van der Waals surface area contributed by atoms with Crippen molar-refractivity contribution in [2.75, 3.05) is 13.1 Å². The van der Waals surface area contributed by atoms with Gasteiger partial charge in [-0.3, -0.25) is 4.90 Å². The molecule has 2 bridgehead atoms. The minimum absolute atomic E-state index is 0.0329. The zero-order valence-electron chi connectivity index (χ0n) is 15.8. The van der Waals surface area contributed by atoms with Gasteiger partial charge in [-0.05, 0) is 57.9 Å². The Labute approximate surface area is 155 Å². The maximum atomic E-state index is 13.0. The van der Waals surface area contributed by atoms with E-state index in [-0.39, 0.29) is 16.3 Å². The van der Waals surface area contributed by atoms with E-state index in [0.717, 1.165) is 19.0 Å². The molecule has 25 heavy (non-hydrogen) atoms. The van der Waals surface area contributed by atoms with Crippen LogP contribution in [-0.4, -0.2) is 32.5 Å². The van der Waals surface area contributed by atoms with E-state index in [4.69, 9.17) is 0 Å². The number of rotatable bonds is 6. The summed E-state index contributed by atoms with van der Waals surface area (Å²) in [5.74, 6) is 0.811. The first-order chi connectivity index (χ1) is 11.9. The maximum absolute atomic E-state index is 13.0. The van der Waals surface area contributed by atoms with Gasteiger partial charge in [0, 0.05) is 18.6 Å². The molecular weight excluding hydrogens is 328 g/mol. The van der Waals surface area contributed by atoms with Gasteiger partial charge in [-0.1, -0.05) is 36.4 Å². The van der Waals surface area contributed by atoms with Gasteiger partial charge >= 0.3 is 0 Å². The molecule has 138 valence electrons. The van der Waals surface area contributed by atoms with Gasteiger partial charge in [0.25, 0.3) is 0 Å². The summed E-state index contributed by atoms with van der Waals surface area (Å²) in [5, 5.41) is 0. The molecule has 1 aromatic carbocycles. The second-order valence-corrected chi connectivity index (χ2v) is 10.6. The number of benzene rings is 1. The highest BCUT2D eigenvalue weighted by Gasteiger charge is 2.51. The van der Waals surface area contributed by atoms with E-state index < -0.39 is 11.0 Å². The molecule has 4 heteroatoms.